The lowest BCUT2D eigenvalue weighted by atomic mass is 9.90. The van der Waals surface area contributed by atoms with Crippen LogP contribution in [0, 0.1) is 6.92 Å². The highest BCUT2D eigenvalue weighted by Crippen LogP contribution is 2.36. The lowest BCUT2D eigenvalue weighted by Gasteiger charge is -2.37. The summed E-state index contributed by atoms with van der Waals surface area (Å²) in [4.78, 5) is 27.6. The molecule has 0 bridgehead atoms. The van der Waals surface area contributed by atoms with Crippen LogP contribution in [0.3, 0.4) is 0 Å². The molecule has 0 aromatic heterocycles. The van der Waals surface area contributed by atoms with Gasteiger partial charge in [0.1, 0.15) is 18.4 Å². The highest BCUT2D eigenvalue weighted by atomic mass is 16.5. The summed E-state index contributed by atoms with van der Waals surface area (Å²) < 4.78 is 12.2. The van der Waals surface area contributed by atoms with E-state index in [4.69, 9.17) is 9.47 Å². The van der Waals surface area contributed by atoms with E-state index in [1.807, 2.05) is 79.7 Å². The van der Waals surface area contributed by atoms with Gasteiger partial charge in [-0.25, -0.2) is 4.79 Å². The van der Waals surface area contributed by atoms with Gasteiger partial charge in [-0.05, 0) is 35.6 Å². The minimum atomic E-state index is -1.04. The predicted octanol–water partition coefficient (Wildman–Crippen LogP) is 5.47. The van der Waals surface area contributed by atoms with E-state index in [0.717, 1.165) is 40.7 Å². The van der Waals surface area contributed by atoms with Gasteiger partial charge in [0.2, 0.25) is 0 Å². The van der Waals surface area contributed by atoms with E-state index in [0.29, 0.717) is 19.0 Å². The normalized spacial score (nSPS) is 15.7. The molecule has 6 heteroatoms. The molecule has 3 aromatic carbocycles. The number of carbonyl (C=O) groups is 2. The Kier molecular flexibility index (Phi) is 8.39. The molecule has 1 aliphatic heterocycles. The molecule has 188 valence electrons. The maximum absolute atomic E-state index is 13.8. The van der Waals surface area contributed by atoms with E-state index in [1.54, 1.807) is 0 Å². The van der Waals surface area contributed by atoms with Crippen LogP contribution in [0.15, 0.2) is 72.8 Å². The Morgan fingerprint density at radius 3 is 2.39 bits per heavy atom. The fourth-order valence-corrected chi connectivity index (χ4v) is 4.57. The lowest BCUT2D eigenvalue weighted by molar-refractivity contribution is -0.158. The number of amides is 1. The van der Waals surface area contributed by atoms with Crippen LogP contribution in [0.1, 0.15) is 53.7 Å². The van der Waals surface area contributed by atoms with Gasteiger partial charge in [-0.1, -0.05) is 86.1 Å². The molecule has 0 saturated heterocycles. The zero-order valence-corrected chi connectivity index (χ0v) is 20.9. The SMILES string of the molecule is CCCCOC(C(=O)N1Cc2ccc(C)c(OCc3ccccc3)c2CC1C(=O)O)c1ccccc1. The minimum absolute atomic E-state index is 0.179. The topological polar surface area (TPSA) is 76.1 Å². The molecule has 0 spiro atoms. The number of carboxylic acid groups (broad SMARTS) is 1. The first-order chi connectivity index (χ1) is 17.5. The summed E-state index contributed by atoms with van der Waals surface area (Å²) in [5.41, 5.74) is 4.45. The minimum Gasteiger partial charge on any atom is -0.488 e. The summed E-state index contributed by atoms with van der Waals surface area (Å²) in [6.45, 7) is 5.03. The van der Waals surface area contributed by atoms with Crippen LogP contribution in [-0.2, 0) is 33.9 Å². The molecular formula is C30H33NO5. The first-order valence-electron chi connectivity index (χ1n) is 12.5. The van der Waals surface area contributed by atoms with Crippen LogP contribution >= 0.6 is 0 Å². The largest absolute Gasteiger partial charge is 0.488 e. The van der Waals surface area contributed by atoms with E-state index in [1.165, 1.54) is 4.90 Å². The summed E-state index contributed by atoms with van der Waals surface area (Å²) in [6, 6.07) is 22.1. The van der Waals surface area contributed by atoms with Crippen molar-refractivity contribution in [1.82, 2.24) is 4.90 Å². The van der Waals surface area contributed by atoms with Crippen LogP contribution in [-0.4, -0.2) is 34.5 Å². The maximum atomic E-state index is 13.8. The molecule has 4 rings (SSSR count). The number of benzene rings is 3. The third kappa shape index (κ3) is 5.77. The van der Waals surface area contributed by atoms with Gasteiger partial charge in [-0.3, -0.25) is 4.79 Å². The van der Waals surface area contributed by atoms with Crippen LogP contribution < -0.4 is 4.74 Å². The second kappa shape index (κ2) is 11.9. The van der Waals surface area contributed by atoms with Crippen molar-refractivity contribution >= 4 is 11.9 Å². The lowest BCUT2D eigenvalue weighted by Crippen LogP contribution is -2.50. The molecule has 0 saturated carbocycles. The average molecular weight is 488 g/mol. The summed E-state index contributed by atoms with van der Waals surface area (Å²) >= 11 is 0. The summed E-state index contributed by atoms with van der Waals surface area (Å²) in [5, 5.41) is 10.1. The second-order valence-corrected chi connectivity index (χ2v) is 9.16. The molecule has 36 heavy (non-hydrogen) atoms. The number of hydrogen-bond donors (Lipinski definition) is 1. The molecule has 1 heterocycles. The van der Waals surface area contributed by atoms with Gasteiger partial charge in [0.15, 0.2) is 6.10 Å². The van der Waals surface area contributed by atoms with Gasteiger partial charge < -0.3 is 19.5 Å². The Bertz CT molecular complexity index is 1180. The molecule has 1 N–H and O–H groups in total. The number of ether oxygens (including phenoxy) is 2. The molecule has 2 unspecified atom stereocenters. The number of hydrogen-bond acceptors (Lipinski definition) is 4. The number of rotatable bonds is 10. The van der Waals surface area contributed by atoms with Crippen LogP contribution in [0.2, 0.25) is 0 Å². The molecule has 0 radical (unpaired) electrons. The summed E-state index contributed by atoms with van der Waals surface area (Å²) in [7, 11) is 0. The maximum Gasteiger partial charge on any atom is 0.326 e. The molecule has 2 atom stereocenters. The van der Waals surface area contributed by atoms with Gasteiger partial charge in [-0.15, -0.1) is 0 Å². The summed E-state index contributed by atoms with van der Waals surface area (Å²) in [6.07, 6.45) is 1.10. The van der Waals surface area contributed by atoms with Crippen molar-refractivity contribution in [2.75, 3.05) is 6.61 Å². The fourth-order valence-electron chi connectivity index (χ4n) is 4.57. The number of carbonyl (C=O) groups excluding carboxylic acids is 1. The van der Waals surface area contributed by atoms with Gasteiger partial charge in [0.25, 0.3) is 5.91 Å². The van der Waals surface area contributed by atoms with Gasteiger partial charge in [-0.2, -0.15) is 0 Å². The molecule has 0 fully saturated rings. The molecular weight excluding hydrogens is 454 g/mol. The molecule has 6 nitrogen and oxygen atoms in total. The average Bonchev–Trinajstić information content (AvgIpc) is 2.90. The van der Waals surface area contributed by atoms with Crippen molar-refractivity contribution in [2.45, 2.75) is 58.4 Å². The van der Waals surface area contributed by atoms with Crippen LogP contribution in [0.4, 0.5) is 0 Å². The van der Waals surface area contributed by atoms with E-state index in [-0.39, 0.29) is 18.9 Å². The highest BCUT2D eigenvalue weighted by Gasteiger charge is 2.39. The van der Waals surface area contributed by atoms with Gasteiger partial charge in [0, 0.05) is 25.1 Å². The predicted molar refractivity (Wildman–Crippen MR) is 138 cm³/mol. The molecule has 1 aliphatic rings. The third-order valence-electron chi connectivity index (χ3n) is 6.57. The van der Waals surface area contributed by atoms with E-state index in [2.05, 4.69) is 6.92 Å². The van der Waals surface area contributed by atoms with Crippen molar-refractivity contribution in [1.29, 1.82) is 0 Å². The Morgan fingerprint density at radius 2 is 1.72 bits per heavy atom. The number of carboxylic acids is 1. The fraction of sp³-hybridized carbons (Fsp3) is 0.333. The van der Waals surface area contributed by atoms with E-state index >= 15 is 0 Å². The van der Waals surface area contributed by atoms with Crippen molar-refractivity contribution < 1.29 is 24.2 Å². The van der Waals surface area contributed by atoms with E-state index < -0.39 is 18.1 Å². The standard InChI is InChI=1S/C30H33NO5/c1-3-4-17-35-28(23-13-9-6-10-14-23)29(32)31-19-24-16-15-21(2)27(25(24)18-26(31)30(33)34)36-20-22-11-7-5-8-12-22/h5-16,26,28H,3-4,17-20H2,1-2H3,(H,33,34). The van der Waals surface area contributed by atoms with Crippen LogP contribution in [0.25, 0.3) is 0 Å². The Labute approximate surface area is 212 Å². The van der Waals surface area contributed by atoms with Crippen molar-refractivity contribution in [3.05, 3.63) is 101 Å². The van der Waals surface area contributed by atoms with Crippen molar-refractivity contribution in [3.63, 3.8) is 0 Å². The van der Waals surface area contributed by atoms with Crippen molar-refractivity contribution in [3.8, 4) is 5.75 Å². The number of unbranched alkanes of at least 4 members (excludes halogenated alkanes) is 1. The third-order valence-corrected chi connectivity index (χ3v) is 6.57. The summed E-state index contributed by atoms with van der Waals surface area (Å²) in [5.74, 6) is -0.666. The molecule has 0 aliphatic carbocycles. The number of aryl methyl sites for hydroxylation is 1. The number of aliphatic carboxylic acids is 1. The molecule has 3 aromatic rings. The second-order valence-electron chi connectivity index (χ2n) is 9.16. The highest BCUT2D eigenvalue weighted by molar-refractivity contribution is 5.88. The molecule has 1 amide bonds. The zero-order chi connectivity index (χ0) is 25.5. The first kappa shape index (κ1) is 25.5. The van der Waals surface area contributed by atoms with Crippen molar-refractivity contribution in [2.24, 2.45) is 0 Å². The Morgan fingerprint density at radius 1 is 1.03 bits per heavy atom. The van der Waals surface area contributed by atoms with Gasteiger partial charge >= 0.3 is 5.97 Å². The number of nitrogens with zero attached hydrogens (tertiary/aromatic N) is 1. The van der Waals surface area contributed by atoms with Crippen LogP contribution in [0.5, 0.6) is 5.75 Å². The number of fused-ring (bicyclic) bond motifs is 1. The smallest absolute Gasteiger partial charge is 0.326 e. The monoisotopic (exact) mass is 487 g/mol. The first-order valence-corrected chi connectivity index (χ1v) is 12.5. The Balaban J connectivity index is 1.63. The van der Waals surface area contributed by atoms with Gasteiger partial charge in [0.05, 0.1) is 0 Å². The zero-order valence-electron chi connectivity index (χ0n) is 20.9. The van der Waals surface area contributed by atoms with E-state index in [9.17, 15) is 14.7 Å². The quantitative estimate of drug-likeness (QED) is 0.384. The Hall–Kier alpha value is -3.64.